The molecule has 42 heavy (non-hydrogen) atoms. The fraction of sp³-hybridized carbons (Fsp3) is 0.333. The number of nitrogens with zero attached hydrogens (tertiary/aromatic N) is 1. The average molecular weight is 599 g/mol. The third kappa shape index (κ3) is 5.19. The summed E-state index contributed by atoms with van der Waals surface area (Å²) in [5.41, 5.74) is 1.91. The van der Waals surface area contributed by atoms with Gasteiger partial charge in [-0.25, -0.2) is 13.6 Å². The molecule has 1 heterocycles. The molecular weight excluding hydrogens is 569 g/mol. The second kappa shape index (κ2) is 11.1. The van der Waals surface area contributed by atoms with Crippen molar-refractivity contribution in [1.82, 2.24) is 4.57 Å². The first-order chi connectivity index (χ1) is 19.7. The summed E-state index contributed by atoms with van der Waals surface area (Å²) < 4.78 is 29.8. The van der Waals surface area contributed by atoms with E-state index in [1.54, 1.807) is 41.0 Å². The van der Waals surface area contributed by atoms with Crippen LogP contribution in [-0.4, -0.2) is 51.1 Å². The van der Waals surface area contributed by atoms with Crippen LogP contribution in [0.3, 0.4) is 0 Å². The Bertz CT molecular complexity index is 1680. The van der Waals surface area contributed by atoms with E-state index in [2.05, 4.69) is 5.32 Å². The molecule has 5 nitrogen and oxygen atoms in total. The predicted molar refractivity (Wildman–Crippen MR) is 161 cm³/mol. The molecule has 1 amide bonds. The number of anilines is 1. The van der Waals surface area contributed by atoms with Gasteiger partial charge in [-0.05, 0) is 103 Å². The molecule has 1 aromatic heterocycles. The number of halogens is 3. The number of carbonyl (C=O) groups excluding carboxylic acids is 1. The van der Waals surface area contributed by atoms with E-state index in [0.717, 1.165) is 30.9 Å². The van der Waals surface area contributed by atoms with Crippen molar-refractivity contribution in [2.75, 3.05) is 5.32 Å². The maximum absolute atomic E-state index is 14.1. The predicted octanol–water partition coefficient (Wildman–Crippen LogP) is 7.49. The van der Waals surface area contributed by atoms with E-state index >= 15 is 0 Å². The molecule has 4 saturated carbocycles. The molecule has 0 unspecified atom stereocenters. The Morgan fingerprint density at radius 1 is 0.905 bits per heavy atom. The van der Waals surface area contributed by atoms with Crippen molar-refractivity contribution >= 4 is 69.6 Å². The second-order valence-electron chi connectivity index (χ2n) is 12.3. The second-order valence-corrected chi connectivity index (χ2v) is 12.7. The maximum atomic E-state index is 14.1. The van der Waals surface area contributed by atoms with Gasteiger partial charge < -0.3 is 15.0 Å². The molecule has 0 radical (unpaired) electrons. The number of carboxylic acids is 1. The quantitative estimate of drug-likeness (QED) is 0.226. The summed E-state index contributed by atoms with van der Waals surface area (Å²) in [5, 5.41) is 14.7. The van der Waals surface area contributed by atoms with E-state index in [4.69, 9.17) is 11.6 Å². The molecule has 0 saturated heterocycles. The monoisotopic (exact) mass is 598 g/mol. The van der Waals surface area contributed by atoms with E-state index < -0.39 is 23.0 Å². The summed E-state index contributed by atoms with van der Waals surface area (Å²) in [6, 6.07) is 15.6. The minimum atomic E-state index is -1.18. The summed E-state index contributed by atoms with van der Waals surface area (Å²) in [6.07, 6.45) is 6.12. The van der Waals surface area contributed by atoms with Crippen LogP contribution in [0.2, 0.25) is 5.02 Å². The number of aromatic carboxylic acids is 1. The Hall–Kier alpha value is -2.71. The van der Waals surface area contributed by atoms with Gasteiger partial charge in [0.05, 0.1) is 16.6 Å². The molecule has 0 aliphatic heterocycles. The van der Waals surface area contributed by atoms with E-state index in [9.17, 15) is 23.5 Å². The van der Waals surface area contributed by atoms with Gasteiger partial charge in [0.25, 0.3) is 0 Å². The fourth-order valence-electron chi connectivity index (χ4n) is 8.22. The molecule has 2 N–H and O–H groups in total. The van der Waals surface area contributed by atoms with Crippen molar-refractivity contribution in [3.8, 4) is 11.1 Å². The van der Waals surface area contributed by atoms with Gasteiger partial charge in [-0.1, -0.05) is 35.9 Å². The number of amides is 1. The summed E-state index contributed by atoms with van der Waals surface area (Å²) >= 11 is 6.24. The zero-order valence-corrected chi connectivity index (χ0v) is 23.1. The molecule has 8 rings (SSSR count). The molecule has 3 aromatic carbocycles. The van der Waals surface area contributed by atoms with E-state index in [1.807, 2.05) is 6.07 Å². The number of fused-ring (bicyclic) bond motifs is 1. The van der Waals surface area contributed by atoms with Gasteiger partial charge in [0.15, 0.2) is 5.69 Å². The molecule has 4 fully saturated rings. The first-order valence-corrected chi connectivity index (χ1v) is 14.5. The molecule has 0 atom stereocenters. The molecule has 9 heteroatoms. The average Bonchev–Trinajstić information content (AvgIpc) is 3.19. The number of aromatic nitrogens is 1. The van der Waals surface area contributed by atoms with Gasteiger partial charge in [0, 0.05) is 23.0 Å². The van der Waals surface area contributed by atoms with Crippen LogP contribution in [0.1, 0.15) is 54.6 Å². The third-order valence-corrected chi connectivity index (χ3v) is 9.69. The Morgan fingerprint density at radius 2 is 1.55 bits per heavy atom. The van der Waals surface area contributed by atoms with Gasteiger partial charge in [0.2, 0.25) is 5.91 Å². The normalized spacial score (nSPS) is 24.0. The van der Waals surface area contributed by atoms with Crippen LogP contribution in [0, 0.1) is 34.8 Å². The van der Waals surface area contributed by atoms with Crippen LogP contribution in [0.4, 0.5) is 14.5 Å². The Kier molecular flexibility index (Phi) is 7.75. The number of carbonyl (C=O) groups is 2. The molecule has 212 valence electrons. The number of nitrogens with one attached hydrogen (secondary N) is 1. The van der Waals surface area contributed by atoms with E-state index in [0.29, 0.717) is 44.8 Å². The third-order valence-electron chi connectivity index (χ3n) is 9.45. The standard InChI is InChI=1S/C33H29ClF2N2O3.Na.H/c34-24-3-1-2-18(9-24)17-38-28-12-22(23-10-25(35)13-26(36)11-23)4-5-27(28)29(30(38)31(39)40)37-32(41)33-14-19-6-20(15-33)8-21(7-19)16-33;;/h1-5,9-13,19-21H,6-8,14-17H2,(H,37,41)(H,39,40);;. The van der Waals surface area contributed by atoms with Crippen molar-refractivity contribution in [3.63, 3.8) is 0 Å². The van der Waals surface area contributed by atoms with Gasteiger partial charge in [-0.15, -0.1) is 0 Å². The summed E-state index contributed by atoms with van der Waals surface area (Å²) in [5.74, 6) is -1.01. The number of benzene rings is 3. The number of rotatable bonds is 6. The van der Waals surface area contributed by atoms with Crippen molar-refractivity contribution in [2.24, 2.45) is 23.2 Å². The van der Waals surface area contributed by atoms with Crippen LogP contribution in [-0.2, 0) is 11.3 Å². The summed E-state index contributed by atoms with van der Waals surface area (Å²) in [7, 11) is 0. The van der Waals surface area contributed by atoms with Crippen LogP contribution < -0.4 is 5.32 Å². The Labute approximate surface area is 269 Å². The van der Waals surface area contributed by atoms with Crippen molar-refractivity contribution in [2.45, 2.75) is 45.1 Å². The van der Waals surface area contributed by atoms with Gasteiger partial charge in [0.1, 0.15) is 11.6 Å². The van der Waals surface area contributed by atoms with Gasteiger partial charge in [-0.2, -0.15) is 0 Å². The molecule has 4 aliphatic rings. The Morgan fingerprint density at radius 3 is 2.14 bits per heavy atom. The van der Waals surface area contributed by atoms with Crippen molar-refractivity contribution in [1.29, 1.82) is 0 Å². The van der Waals surface area contributed by atoms with Crippen molar-refractivity contribution in [3.05, 3.63) is 88.6 Å². The summed E-state index contributed by atoms with van der Waals surface area (Å²) in [4.78, 5) is 26.9. The topological polar surface area (TPSA) is 71.3 Å². The molecule has 4 aliphatic carbocycles. The fourth-order valence-corrected chi connectivity index (χ4v) is 8.43. The van der Waals surface area contributed by atoms with Crippen LogP contribution in [0.5, 0.6) is 0 Å². The molecule has 0 spiro atoms. The first-order valence-electron chi connectivity index (χ1n) is 14.1. The van der Waals surface area contributed by atoms with Crippen LogP contribution in [0.25, 0.3) is 22.0 Å². The SMILES string of the molecule is O=C(O)c1c(NC(=O)C23CC4CC(CC(C4)C2)C3)c2ccc(-c3cc(F)cc(F)c3)cc2n1Cc1cccc(Cl)c1.[NaH]. The molecule has 4 aromatic rings. The summed E-state index contributed by atoms with van der Waals surface area (Å²) in [6.45, 7) is 0.174. The number of carboxylic acid groups (broad SMARTS) is 1. The number of hydrogen-bond acceptors (Lipinski definition) is 2. The Balaban J connectivity index is 0.00000316. The van der Waals surface area contributed by atoms with Crippen LogP contribution >= 0.6 is 11.6 Å². The number of hydrogen-bond donors (Lipinski definition) is 2. The van der Waals surface area contributed by atoms with E-state index in [1.165, 1.54) is 31.4 Å². The van der Waals surface area contributed by atoms with Gasteiger partial charge >= 0.3 is 35.5 Å². The van der Waals surface area contributed by atoms with E-state index in [-0.39, 0.29) is 53.4 Å². The minimum absolute atomic E-state index is 0. The molecular formula is C33H30ClF2N2NaO3. The van der Waals surface area contributed by atoms with Crippen LogP contribution in [0.15, 0.2) is 60.7 Å². The zero-order valence-electron chi connectivity index (χ0n) is 22.3. The first kappa shape index (κ1) is 29.4. The zero-order chi connectivity index (χ0) is 28.5. The van der Waals surface area contributed by atoms with Crippen molar-refractivity contribution < 1.29 is 23.5 Å². The van der Waals surface area contributed by atoms with Gasteiger partial charge in [-0.3, -0.25) is 4.79 Å². The molecule has 4 bridgehead atoms.